The number of hydrogen-bond donors (Lipinski definition) is 1. The van der Waals surface area contributed by atoms with Gasteiger partial charge in [0.15, 0.2) is 11.5 Å². The summed E-state index contributed by atoms with van der Waals surface area (Å²) in [5, 5.41) is 10.1. The molecular formula is C19H26INO3. The summed E-state index contributed by atoms with van der Waals surface area (Å²) < 4.78 is 12.9. The molecule has 2 heterocycles. The first-order valence-corrected chi connectivity index (χ1v) is 8.43. The van der Waals surface area contributed by atoms with Gasteiger partial charge in [0.05, 0.1) is 39.3 Å². The van der Waals surface area contributed by atoms with Crippen LogP contribution in [0.4, 0.5) is 0 Å². The van der Waals surface area contributed by atoms with Crippen molar-refractivity contribution in [2.45, 2.75) is 43.9 Å². The second-order valence-electron chi connectivity index (χ2n) is 7.95. The van der Waals surface area contributed by atoms with E-state index in [2.05, 4.69) is 33.2 Å². The van der Waals surface area contributed by atoms with Crippen molar-refractivity contribution in [3.8, 4) is 11.5 Å². The molecule has 1 aromatic rings. The summed E-state index contributed by atoms with van der Waals surface area (Å²) in [5.41, 5.74) is 3.87. The third-order valence-corrected chi connectivity index (χ3v) is 5.88. The van der Waals surface area contributed by atoms with Crippen LogP contribution in [-0.4, -0.2) is 49.5 Å². The lowest BCUT2D eigenvalue weighted by atomic mass is 9.68. The van der Waals surface area contributed by atoms with Crippen LogP contribution in [0.2, 0.25) is 0 Å². The van der Waals surface area contributed by atoms with Gasteiger partial charge >= 0.3 is 0 Å². The van der Waals surface area contributed by atoms with Crippen LogP contribution in [0, 0.1) is 6.92 Å². The zero-order valence-corrected chi connectivity index (χ0v) is 17.0. The van der Waals surface area contributed by atoms with E-state index in [1.54, 1.807) is 7.11 Å². The number of aliphatic hydroxyl groups is 1. The molecule has 1 N–H and O–H groups in total. The molecule has 2 unspecified atom stereocenters. The Kier molecular flexibility index (Phi) is 4.42. The molecule has 0 bridgehead atoms. The summed E-state index contributed by atoms with van der Waals surface area (Å²) in [6.45, 7) is 4.27. The van der Waals surface area contributed by atoms with Gasteiger partial charge in [-0.25, -0.2) is 0 Å². The predicted molar refractivity (Wildman–Crippen MR) is 88.9 cm³/mol. The van der Waals surface area contributed by atoms with Crippen LogP contribution in [0.5, 0.6) is 11.5 Å². The fourth-order valence-electron chi connectivity index (χ4n) is 4.57. The summed E-state index contributed by atoms with van der Waals surface area (Å²) >= 11 is 0. The monoisotopic (exact) mass is 443 g/mol. The van der Waals surface area contributed by atoms with E-state index in [1.807, 2.05) is 6.08 Å². The Morgan fingerprint density at radius 3 is 2.83 bits per heavy atom. The summed E-state index contributed by atoms with van der Waals surface area (Å²) in [7, 11) is 6.30. The van der Waals surface area contributed by atoms with Gasteiger partial charge in [-0.2, -0.15) is 0 Å². The zero-order valence-electron chi connectivity index (χ0n) is 14.8. The van der Waals surface area contributed by atoms with E-state index in [1.165, 1.54) is 16.7 Å². The Morgan fingerprint density at radius 2 is 2.12 bits per heavy atom. The van der Waals surface area contributed by atoms with Crippen molar-refractivity contribution in [1.82, 2.24) is 0 Å². The van der Waals surface area contributed by atoms with Crippen molar-refractivity contribution in [3.05, 3.63) is 34.9 Å². The molecule has 0 amide bonds. The maximum absolute atomic E-state index is 10.1. The van der Waals surface area contributed by atoms with Gasteiger partial charge in [-0.15, -0.1) is 0 Å². The SMILES string of the molecule is COc1cc(C)c2c3c1OC1C[C@H](O)C=CC31CC[N+](C)(C)C2.[I-]. The number of halogens is 1. The molecule has 0 fully saturated rings. The van der Waals surface area contributed by atoms with E-state index in [4.69, 9.17) is 9.47 Å². The van der Waals surface area contributed by atoms with Crippen LogP contribution in [0.3, 0.4) is 0 Å². The molecular weight excluding hydrogens is 417 g/mol. The number of benzene rings is 1. The van der Waals surface area contributed by atoms with Gasteiger partial charge < -0.3 is 43.0 Å². The topological polar surface area (TPSA) is 38.7 Å². The average Bonchev–Trinajstić information content (AvgIpc) is 2.76. The van der Waals surface area contributed by atoms with Gasteiger partial charge in [0.1, 0.15) is 12.6 Å². The third-order valence-electron chi connectivity index (χ3n) is 5.88. The summed E-state index contributed by atoms with van der Waals surface area (Å²) in [6.07, 6.45) is 5.46. The predicted octanol–water partition coefficient (Wildman–Crippen LogP) is -0.693. The Labute approximate surface area is 161 Å². The molecule has 0 saturated carbocycles. The van der Waals surface area contributed by atoms with Crippen molar-refractivity contribution in [2.24, 2.45) is 0 Å². The Hall–Kier alpha value is -0.790. The zero-order chi connectivity index (χ0) is 16.4. The second-order valence-corrected chi connectivity index (χ2v) is 7.95. The van der Waals surface area contributed by atoms with Crippen molar-refractivity contribution >= 4 is 0 Å². The maximum Gasteiger partial charge on any atom is 0.166 e. The first-order valence-electron chi connectivity index (χ1n) is 8.43. The Balaban J connectivity index is 0.00000169. The number of rotatable bonds is 1. The van der Waals surface area contributed by atoms with Crippen LogP contribution in [0.25, 0.3) is 0 Å². The van der Waals surface area contributed by atoms with E-state index in [0.717, 1.165) is 35.5 Å². The highest BCUT2D eigenvalue weighted by Crippen LogP contribution is 2.56. The minimum absolute atomic E-state index is 0. The average molecular weight is 443 g/mol. The maximum atomic E-state index is 10.1. The van der Waals surface area contributed by atoms with Gasteiger partial charge in [-0.05, 0) is 18.6 Å². The Bertz CT molecular complexity index is 700. The van der Waals surface area contributed by atoms with Crippen LogP contribution < -0.4 is 33.5 Å². The molecule has 2 aliphatic heterocycles. The molecule has 4 nitrogen and oxygen atoms in total. The summed E-state index contributed by atoms with van der Waals surface area (Å²) in [5.74, 6) is 1.73. The number of aryl methyl sites for hydroxylation is 1. The van der Waals surface area contributed by atoms with Gasteiger partial charge in [0.25, 0.3) is 0 Å². The Morgan fingerprint density at radius 1 is 1.38 bits per heavy atom. The van der Waals surface area contributed by atoms with Gasteiger partial charge in [-0.1, -0.05) is 12.2 Å². The molecule has 5 heteroatoms. The fraction of sp³-hybridized carbons (Fsp3) is 0.579. The van der Waals surface area contributed by atoms with Crippen LogP contribution in [-0.2, 0) is 12.0 Å². The second kappa shape index (κ2) is 5.88. The van der Waals surface area contributed by atoms with Crippen molar-refractivity contribution < 1.29 is 43.0 Å². The minimum Gasteiger partial charge on any atom is -1.00 e. The van der Waals surface area contributed by atoms with Crippen molar-refractivity contribution in [2.75, 3.05) is 27.7 Å². The van der Waals surface area contributed by atoms with Gasteiger partial charge in [0, 0.05) is 24.0 Å². The number of hydrogen-bond acceptors (Lipinski definition) is 3. The molecule has 4 rings (SSSR count). The standard InChI is InChI=1S/C19H26NO3.HI/c1-12-9-15(22-4)18-17-14(12)11-20(2,3)8-7-19(17)6-5-13(21)10-16(19)23-18;/h5-6,9,13,16,21H,7-8,10-11H2,1-4H3;1H/q+1;/p-1/t13-,16?,19?;/m1./s1. The van der Waals surface area contributed by atoms with E-state index in [9.17, 15) is 5.11 Å². The molecule has 0 saturated heterocycles. The van der Waals surface area contributed by atoms with E-state index >= 15 is 0 Å². The van der Waals surface area contributed by atoms with Crippen LogP contribution >= 0.6 is 0 Å². The molecule has 3 aliphatic rings. The summed E-state index contributed by atoms with van der Waals surface area (Å²) in [4.78, 5) is 0. The van der Waals surface area contributed by atoms with Gasteiger partial charge in [-0.3, -0.25) is 0 Å². The molecule has 132 valence electrons. The van der Waals surface area contributed by atoms with E-state index in [-0.39, 0.29) is 35.5 Å². The number of quaternary nitrogens is 1. The van der Waals surface area contributed by atoms with Crippen LogP contribution in [0.1, 0.15) is 29.5 Å². The first kappa shape index (κ1) is 18.0. The first-order chi connectivity index (χ1) is 10.9. The molecule has 3 atom stereocenters. The van der Waals surface area contributed by atoms with Crippen molar-refractivity contribution in [3.63, 3.8) is 0 Å². The lowest BCUT2D eigenvalue weighted by molar-refractivity contribution is -0.903. The third kappa shape index (κ3) is 2.47. The number of methoxy groups -OCH3 is 1. The molecule has 1 spiro atoms. The summed E-state index contributed by atoms with van der Waals surface area (Å²) in [6, 6.07) is 2.10. The number of nitrogens with zero attached hydrogens (tertiary/aromatic N) is 1. The minimum atomic E-state index is -0.416. The van der Waals surface area contributed by atoms with E-state index in [0.29, 0.717) is 6.42 Å². The number of aliphatic hydroxyl groups excluding tert-OH is 1. The lowest BCUT2D eigenvalue weighted by Crippen LogP contribution is -3.00. The highest BCUT2D eigenvalue weighted by Gasteiger charge is 2.54. The largest absolute Gasteiger partial charge is 1.00 e. The number of ether oxygens (including phenoxy) is 2. The van der Waals surface area contributed by atoms with Gasteiger partial charge in [0.2, 0.25) is 0 Å². The van der Waals surface area contributed by atoms with Crippen molar-refractivity contribution in [1.29, 1.82) is 0 Å². The molecule has 24 heavy (non-hydrogen) atoms. The molecule has 0 radical (unpaired) electrons. The molecule has 1 aromatic carbocycles. The van der Waals surface area contributed by atoms with E-state index < -0.39 is 6.10 Å². The lowest BCUT2D eigenvalue weighted by Gasteiger charge is -2.36. The highest BCUT2D eigenvalue weighted by atomic mass is 127. The van der Waals surface area contributed by atoms with Crippen LogP contribution in [0.15, 0.2) is 18.2 Å². The fourth-order valence-corrected chi connectivity index (χ4v) is 4.57. The smallest absolute Gasteiger partial charge is 0.166 e. The normalized spacial score (nSPS) is 32.0. The highest BCUT2D eigenvalue weighted by molar-refractivity contribution is 5.62. The molecule has 0 aromatic heterocycles. The quantitative estimate of drug-likeness (QED) is 0.355. The molecule has 1 aliphatic carbocycles.